The van der Waals surface area contributed by atoms with E-state index in [2.05, 4.69) is 66.8 Å². The number of nitriles is 1. The number of methoxy groups -OCH3 is 1. The summed E-state index contributed by atoms with van der Waals surface area (Å²) in [5.74, 6) is 0.0820. The number of alkyl carbamates (subject to hydrolysis) is 1. The number of fused-ring (bicyclic) bond motifs is 1. The summed E-state index contributed by atoms with van der Waals surface area (Å²) in [6.45, 7) is 23.7. The molecule has 0 spiro atoms. The lowest BCUT2D eigenvalue weighted by atomic mass is 9.39. The third-order valence-corrected chi connectivity index (χ3v) is 11.7. The average Bonchev–Trinajstić information content (AvgIpc) is 2.86. The predicted molar refractivity (Wildman–Crippen MR) is 165 cm³/mol. The maximum absolute atomic E-state index is 13.3. The normalized spacial score (nSPS) is 29.4. The fourth-order valence-electron chi connectivity index (χ4n) is 8.54. The molecule has 2 aliphatic carbocycles. The van der Waals surface area contributed by atoms with Crippen LogP contribution in [0.15, 0.2) is 11.6 Å². The fraction of sp³-hybridized carbons (Fsp3) is 0.829. The van der Waals surface area contributed by atoms with Crippen LogP contribution in [0.3, 0.4) is 0 Å². The number of Topliss-reactive ketones (excluding diaryl/α,β-unsaturated/α-hetero) is 2. The van der Waals surface area contributed by atoms with Gasteiger partial charge in [0.05, 0.1) is 12.7 Å². The molecule has 0 heterocycles. The molecule has 0 aromatic carbocycles. The fourth-order valence-corrected chi connectivity index (χ4v) is 8.54. The van der Waals surface area contributed by atoms with E-state index in [4.69, 9.17) is 4.74 Å². The van der Waals surface area contributed by atoms with Gasteiger partial charge in [0.15, 0.2) is 5.78 Å². The minimum Gasteiger partial charge on any atom is -0.453 e. The van der Waals surface area contributed by atoms with Crippen molar-refractivity contribution >= 4 is 17.7 Å². The Morgan fingerprint density at radius 2 is 1.63 bits per heavy atom. The van der Waals surface area contributed by atoms with E-state index in [1.165, 1.54) is 7.11 Å². The van der Waals surface area contributed by atoms with Crippen LogP contribution >= 0.6 is 0 Å². The summed E-state index contributed by atoms with van der Waals surface area (Å²) < 4.78 is 5.03. The summed E-state index contributed by atoms with van der Waals surface area (Å²) in [4.78, 5) is 38.5. The SMILES string of the molecule is CCCC(C)(C)CC[C@@](C)(CCC(C)(C)[C@]1(C)CC[C@H]2C(C)(C)C(=O)C(C#N)=C[C@]2(C)[C@H]1CC(C)=O)NC(=O)OC. The van der Waals surface area contributed by atoms with Crippen molar-refractivity contribution in [2.24, 2.45) is 38.9 Å². The van der Waals surface area contributed by atoms with Gasteiger partial charge in [-0.25, -0.2) is 4.79 Å². The number of amides is 1. The lowest BCUT2D eigenvalue weighted by Gasteiger charge is -2.64. The van der Waals surface area contributed by atoms with Crippen LogP contribution in [-0.4, -0.2) is 30.3 Å². The highest BCUT2D eigenvalue weighted by Crippen LogP contribution is 2.68. The highest BCUT2D eigenvalue weighted by atomic mass is 16.5. The second kappa shape index (κ2) is 12.2. The molecule has 0 unspecified atom stereocenters. The first-order valence-corrected chi connectivity index (χ1v) is 15.7. The van der Waals surface area contributed by atoms with Crippen molar-refractivity contribution in [3.8, 4) is 6.07 Å². The quantitative estimate of drug-likeness (QED) is 0.253. The Bertz CT molecular complexity index is 1080. The standard InChI is InChI=1S/C35H58N2O4/c1-13-15-30(3,4)17-19-33(9,37-29(40)41-12)20-18-31(5,6)35(11)16-14-26-32(7,8)28(39)25(23-36)22-34(26,10)27(35)21-24(2)38/h22,26-27H,13-21H2,1-12H3,(H,37,40)/t26-,27+,33-,34-,35+/m0/s1. The molecule has 41 heavy (non-hydrogen) atoms. The monoisotopic (exact) mass is 570 g/mol. The van der Waals surface area contributed by atoms with Crippen LogP contribution in [0.4, 0.5) is 4.79 Å². The van der Waals surface area contributed by atoms with Crippen molar-refractivity contribution < 1.29 is 19.1 Å². The van der Waals surface area contributed by atoms with Gasteiger partial charge in [-0.3, -0.25) is 4.79 Å². The first-order chi connectivity index (χ1) is 18.6. The summed E-state index contributed by atoms with van der Waals surface area (Å²) in [5, 5.41) is 13.1. The number of hydrogen-bond donors (Lipinski definition) is 1. The van der Waals surface area contributed by atoms with Crippen LogP contribution in [-0.2, 0) is 14.3 Å². The van der Waals surface area contributed by atoms with Crippen LogP contribution in [0.25, 0.3) is 0 Å². The summed E-state index contributed by atoms with van der Waals surface area (Å²) in [6, 6.07) is 2.19. The molecule has 0 aromatic rings. The zero-order chi connectivity index (χ0) is 31.7. The highest BCUT2D eigenvalue weighted by molar-refractivity contribution is 6.04. The van der Waals surface area contributed by atoms with Gasteiger partial charge in [-0.15, -0.1) is 0 Å². The molecular weight excluding hydrogens is 512 g/mol. The molecule has 0 aliphatic heterocycles. The number of nitrogens with one attached hydrogen (secondary N) is 1. The van der Waals surface area contributed by atoms with E-state index in [9.17, 15) is 19.6 Å². The summed E-state index contributed by atoms with van der Waals surface area (Å²) in [6.07, 6.45) is 9.43. The van der Waals surface area contributed by atoms with Gasteiger partial charge < -0.3 is 14.8 Å². The van der Waals surface area contributed by atoms with E-state index in [1.807, 2.05) is 19.9 Å². The van der Waals surface area contributed by atoms with E-state index in [0.717, 1.165) is 51.4 Å². The number of ketones is 2. The number of hydrogen-bond acceptors (Lipinski definition) is 5. The Hall–Kier alpha value is -2.16. The summed E-state index contributed by atoms with van der Waals surface area (Å²) in [5.41, 5.74) is -1.56. The van der Waals surface area contributed by atoms with Gasteiger partial charge in [0.1, 0.15) is 11.9 Å². The van der Waals surface area contributed by atoms with E-state index in [1.54, 1.807) is 6.92 Å². The molecule has 2 aliphatic rings. The number of nitrogens with zero attached hydrogens (tertiary/aromatic N) is 1. The van der Waals surface area contributed by atoms with E-state index >= 15 is 0 Å². The van der Waals surface area contributed by atoms with Crippen molar-refractivity contribution in [1.82, 2.24) is 5.32 Å². The van der Waals surface area contributed by atoms with Crippen molar-refractivity contribution in [1.29, 1.82) is 5.26 Å². The van der Waals surface area contributed by atoms with Crippen molar-refractivity contribution in [2.45, 2.75) is 139 Å². The second-order valence-electron chi connectivity index (χ2n) is 16.0. The van der Waals surface area contributed by atoms with Crippen LogP contribution in [0.1, 0.15) is 134 Å². The molecule has 232 valence electrons. The minimum atomic E-state index is -0.663. The largest absolute Gasteiger partial charge is 0.453 e. The molecule has 0 saturated heterocycles. The van der Waals surface area contributed by atoms with Crippen molar-refractivity contribution in [2.75, 3.05) is 7.11 Å². The van der Waals surface area contributed by atoms with Gasteiger partial charge in [-0.05, 0) is 92.3 Å². The van der Waals surface area contributed by atoms with Crippen molar-refractivity contribution in [3.05, 3.63) is 11.6 Å². The number of ether oxygens (including phenoxy) is 1. The molecule has 2 rings (SSSR count). The van der Waals surface area contributed by atoms with Gasteiger partial charge in [0.2, 0.25) is 0 Å². The van der Waals surface area contributed by atoms with Gasteiger partial charge in [0, 0.05) is 17.4 Å². The molecule has 5 atom stereocenters. The highest BCUT2D eigenvalue weighted by Gasteiger charge is 2.63. The Balaban J connectivity index is 2.50. The van der Waals surface area contributed by atoms with Gasteiger partial charge in [0.25, 0.3) is 0 Å². The molecule has 6 nitrogen and oxygen atoms in total. The second-order valence-corrected chi connectivity index (χ2v) is 16.0. The van der Waals surface area contributed by atoms with Crippen molar-refractivity contribution in [3.63, 3.8) is 0 Å². The molecule has 6 heteroatoms. The number of rotatable bonds is 12. The molecule has 1 saturated carbocycles. The smallest absolute Gasteiger partial charge is 0.407 e. The zero-order valence-electron chi connectivity index (χ0n) is 28.2. The number of allylic oxidation sites excluding steroid dienone is 2. The average molecular weight is 571 g/mol. The molecule has 0 bridgehead atoms. The lowest BCUT2D eigenvalue weighted by molar-refractivity contribution is -0.155. The maximum Gasteiger partial charge on any atom is 0.407 e. The summed E-state index contributed by atoms with van der Waals surface area (Å²) >= 11 is 0. The molecule has 0 radical (unpaired) electrons. The minimum absolute atomic E-state index is 0.0275. The van der Waals surface area contributed by atoms with Crippen LogP contribution in [0.2, 0.25) is 0 Å². The Kier molecular flexibility index (Phi) is 10.4. The van der Waals surface area contributed by atoms with Gasteiger partial charge >= 0.3 is 6.09 Å². The molecule has 0 aromatic heterocycles. The Morgan fingerprint density at radius 1 is 1.05 bits per heavy atom. The third kappa shape index (κ3) is 7.08. The Morgan fingerprint density at radius 3 is 2.15 bits per heavy atom. The van der Waals surface area contributed by atoms with E-state index in [0.29, 0.717) is 6.42 Å². The third-order valence-electron chi connectivity index (χ3n) is 11.7. The van der Waals surface area contributed by atoms with Crippen LogP contribution in [0.5, 0.6) is 0 Å². The maximum atomic E-state index is 13.3. The first kappa shape index (κ1) is 35.0. The predicted octanol–water partition coefficient (Wildman–Crippen LogP) is 8.59. The summed E-state index contributed by atoms with van der Waals surface area (Å²) in [7, 11) is 1.41. The van der Waals surface area contributed by atoms with Crippen LogP contribution < -0.4 is 5.32 Å². The lowest BCUT2D eigenvalue weighted by Crippen LogP contribution is -2.60. The van der Waals surface area contributed by atoms with Crippen LogP contribution in [0, 0.1) is 50.2 Å². The topological polar surface area (TPSA) is 96.3 Å². The van der Waals surface area contributed by atoms with Gasteiger partial charge in [-0.2, -0.15) is 5.26 Å². The molecule has 1 N–H and O–H groups in total. The molecule has 1 amide bonds. The Labute approximate surface area is 250 Å². The molecule has 1 fully saturated rings. The van der Waals surface area contributed by atoms with Gasteiger partial charge in [-0.1, -0.05) is 74.8 Å². The number of carbonyl (C=O) groups excluding carboxylic acids is 3. The van der Waals surface area contributed by atoms with E-state index in [-0.39, 0.29) is 45.2 Å². The van der Waals surface area contributed by atoms with E-state index < -0.39 is 22.5 Å². The first-order valence-electron chi connectivity index (χ1n) is 15.7. The number of carbonyl (C=O) groups is 3. The molecular formula is C35H58N2O4. The zero-order valence-corrected chi connectivity index (χ0v) is 28.2.